The van der Waals surface area contributed by atoms with Gasteiger partial charge in [-0.2, -0.15) is 0 Å². The summed E-state index contributed by atoms with van der Waals surface area (Å²) in [5.41, 5.74) is 0.569. The number of unbranched alkanes of at least 4 members (excludes halogenated alkanes) is 6. The van der Waals surface area contributed by atoms with E-state index in [0.717, 1.165) is 77.0 Å². The molecule has 1 heterocycles. The van der Waals surface area contributed by atoms with Crippen molar-refractivity contribution in [3.8, 4) is 0 Å². The van der Waals surface area contributed by atoms with Crippen LogP contribution in [0.3, 0.4) is 0 Å². The maximum absolute atomic E-state index is 12.9. The monoisotopic (exact) mass is 739 g/mol. The van der Waals surface area contributed by atoms with Gasteiger partial charge in [0.2, 0.25) is 0 Å². The van der Waals surface area contributed by atoms with E-state index in [4.69, 9.17) is 23.7 Å². The Morgan fingerprint density at radius 1 is 0.538 bits per heavy atom. The molecule has 0 aliphatic carbocycles. The quantitative estimate of drug-likeness (QED) is 0.0408. The number of piperidine rings is 1. The van der Waals surface area contributed by atoms with Crippen LogP contribution in [0.5, 0.6) is 0 Å². The third kappa shape index (κ3) is 23.8. The van der Waals surface area contributed by atoms with Gasteiger partial charge < -0.3 is 49.9 Å². The minimum atomic E-state index is -0.567. The minimum absolute atomic E-state index is 0.0218. The van der Waals surface area contributed by atoms with Gasteiger partial charge in [-0.25, -0.2) is 28.8 Å². The Morgan fingerprint density at radius 3 is 1.38 bits per heavy atom. The van der Waals surface area contributed by atoms with E-state index >= 15 is 0 Å². The fourth-order valence-electron chi connectivity index (χ4n) is 5.06. The fraction of sp³-hybridized carbons (Fsp3) is 0.722. The molecule has 0 aromatic rings. The number of amides is 5. The number of esters is 2. The molecular weight excluding hydrogens is 678 g/mol. The van der Waals surface area contributed by atoms with Crippen molar-refractivity contribution in [2.45, 2.75) is 103 Å². The first-order chi connectivity index (χ1) is 25.0. The van der Waals surface area contributed by atoms with Gasteiger partial charge in [0.15, 0.2) is 0 Å². The Hall–Kier alpha value is -4.50. The van der Waals surface area contributed by atoms with E-state index < -0.39 is 30.2 Å². The Kier molecular flexibility index (Phi) is 25.5. The molecule has 1 fully saturated rings. The zero-order valence-electron chi connectivity index (χ0n) is 31.2. The van der Waals surface area contributed by atoms with Gasteiger partial charge in [-0.15, -0.1) is 0 Å². The number of rotatable bonds is 26. The Morgan fingerprint density at radius 2 is 0.942 bits per heavy atom. The molecule has 1 atom stereocenters. The van der Waals surface area contributed by atoms with Crippen LogP contribution in [-0.2, 0) is 33.3 Å². The third-order valence-corrected chi connectivity index (χ3v) is 7.89. The van der Waals surface area contributed by atoms with E-state index in [1.165, 1.54) is 6.92 Å². The van der Waals surface area contributed by atoms with E-state index in [9.17, 15) is 28.8 Å². The van der Waals surface area contributed by atoms with Crippen molar-refractivity contribution >= 4 is 36.2 Å². The summed E-state index contributed by atoms with van der Waals surface area (Å²) in [6.07, 6.45) is 9.53. The van der Waals surface area contributed by atoms with E-state index in [0.29, 0.717) is 39.1 Å². The first-order valence-electron chi connectivity index (χ1n) is 18.4. The van der Waals surface area contributed by atoms with E-state index in [2.05, 4.69) is 34.4 Å². The maximum atomic E-state index is 12.9. The van der Waals surface area contributed by atoms with Gasteiger partial charge in [0.1, 0.15) is 26.4 Å². The molecule has 1 unspecified atom stereocenters. The summed E-state index contributed by atoms with van der Waals surface area (Å²) in [7, 11) is 0. The predicted octanol–water partition coefficient (Wildman–Crippen LogP) is 4.87. The van der Waals surface area contributed by atoms with Crippen LogP contribution in [0.25, 0.3) is 0 Å². The van der Waals surface area contributed by atoms with Crippen LogP contribution in [0, 0.1) is 0 Å². The highest BCUT2D eigenvalue weighted by molar-refractivity contribution is 5.87. The largest absolute Gasteiger partial charge is 0.459 e. The Labute approximate surface area is 308 Å². The van der Waals surface area contributed by atoms with Crippen molar-refractivity contribution in [1.82, 2.24) is 26.2 Å². The summed E-state index contributed by atoms with van der Waals surface area (Å²) in [4.78, 5) is 72.6. The predicted molar refractivity (Wildman–Crippen MR) is 194 cm³/mol. The normalized spacial score (nSPS) is 13.6. The zero-order chi connectivity index (χ0) is 38.4. The van der Waals surface area contributed by atoms with E-state index in [1.54, 1.807) is 6.92 Å². The molecule has 0 bridgehead atoms. The van der Waals surface area contributed by atoms with E-state index in [-0.39, 0.29) is 56.3 Å². The van der Waals surface area contributed by atoms with Crippen molar-refractivity contribution in [3.05, 3.63) is 24.3 Å². The number of carbonyl (C=O) groups excluding carboxylic acids is 6. The molecule has 0 aromatic carbocycles. The molecule has 0 aromatic heterocycles. The van der Waals surface area contributed by atoms with Gasteiger partial charge >= 0.3 is 36.2 Å². The third-order valence-electron chi connectivity index (χ3n) is 7.89. The molecule has 296 valence electrons. The number of nitrogens with zero attached hydrogens (tertiary/aromatic N) is 1. The molecule has 16 heteroatoms. The van der Waals surface area contributed by atoms with Gasteiger partial charge in [0, 0.05) is 49.9 Å². The van der Waals surface area contributed by atoms with Crippen LogP contribution >= 0.6 is 0 Å². The molecule has 0 spiro atoms. The highest BCUT2D eigenvalue weighted by atomic mass is 16.6. The van der Waals surface area contributed by atoms with Crippen molar-refractivity contribution < 1.29 is 52.5 Å². The number of nitrogens with one attached hydrogen (secondary N) is 4. The fourth-order valence-corrected chi connectivity index (χ4v) is 5.06. The average Bonchev–Trinajstić information content (AvgIpc) is 3.12. The van der Waals surface area contributed by atoms with Crippen molar-refractivity contribution in [3.63, 3.8) is 0 Å². The standard InChI is InChI=1S/C36H61N5O11/c1-28(2)31(42)48-24-26-51-35(46)39-20-11-6-5-10-18-37-33(44)41-22-14-9-16-30(41)17-15-23-50-34(45)38-19-12-7-8-13-21-40-36(47)52-27-25-49-32(43)29(3)4/h30H,1,3,5-27H2,2,4H3,(H,37,44)(H,38,45)(H,39,46)(H,40,47). The lowest BCUT2D eigenvalue weighted by atomic mass is 9.98. The van der Waals surface area contributed by atoms with Gasteiger partial charge in [0.25, 0.3) is 0 Å². The van der Waals surface area contributed by atoms with Crippen LogP contribution < -0.4 is 21.3 Å². The first-order valence-corrected chi connectivity index (χ1v) is 18.4. The molecule has 5 amide bonds. The molecule has 52 heavy (non-hydrogen) atoms. The lowest BCUT2D eigenvalue weighted by Gasteiger charge is -2.35. The lowest BCUT2D eigenvalue weighted by molar-refractivity contribution is -0.140. The highest BCUT2D eigenvalue weighted by Gasteiger charge is 2.26. The topological polar surface area (TPSA) is 200 Å². The Bertz CT molecular complexity index is 1130. The summed E-state index contributed by atoms with van der Waals surface area (Å²) >= 11 is 0. The second-order valence-corrected chi connectivity index (χ2v) is 12.6. The second-order valence-electron chi connectivity index (χ2n) is 12.6. The van der Waals surface area contributed by atoms with Gasteiger partial charge in [-0.1, -0.05) is 38.8 Å². The number of carbonyl (C=O) groups is 6. The second kappa shape index (κ2) is 29.1. The number of likely N-dealkylation sites (tertiary alicyclic amines) is 1. The number of urea groups is 1. The molecular formula is C36H61N5O11. The molecule has 1 aliphatic rings. The molecule has 1 aliphatic heterocycles. The van der Waals surface area contributed by atoms with Crippen molar-refractivity contribution in [1.29, 1.82) is 0 Å². The maximum Gasteiger partial charge on any atom is 0.407 e. The molecule has 1 rings (SSSR count). The van der Waals surface area contributed by atoms with Crippen LogP contribution in [0.2, 0.25) is 0 Å². The summed E-state index contributed by atoms with van der Waals surface area (Å²) in [6, 6.07) is 0.0586. The van der Waals surface area contributed by atoms with Crippen LogP contribution in [-0.4, -0.2) is 113 Å². The summed E-state index contributed by atoms with van der Waals surface area (Å²) < 4.78 is 24.9. The minimum Gasteiger partial charge on any atom is -0.459 e. The molecule has 4 N–H and O–H groups in total. The molecule has 1 saturated heterocycles. The smallest absolute Gasteiger partial charge is 0.407 e. The number of hydrogen-bond acceptors (Lipinski definition) is 11. The molecule has 16 nitrogen and oxygen atoms in total. The zero-order valence-corrected chi connectivity index (χ0v) is 31.2. The molecule has 0 radical (unpaired) electrons. The van der Waals surface area contributed by atoms with Crippen molar-refractivity contribution in [2.75, 3.05) is 65.8 Å². The van der Waals surface area contributed by atoms with Gasteiger partial charge in [-0.3, -0.25) is 0 Å². The average molecular weight is 740 g/mol. The first kappa shape index (κ1) is 45.5. The number of hydrogen-bond donors (Lipinski definition) is 4. The van der Waals surface area contributed by atoms with Gasteiger partial charge in [-0.05, 0) is 71.6 Å². The SMILES string of the molecule is C=C(C)C(=O)OCCOC(=O)NCCCCCCNC(=O)OCCCC1CCCCN1C(=O)NCCCCCCNC(=O)OCCOC(=O)C(=C)C. The summed E-state index contributed by atoms with van der Waals surface area (Å²) in [5, 5.41) is 11.1. The summed E-state index contributed by atoms with van der Waals surface area (Å²) in [6.45, 7) is 12.9. The molecule has 0 saturated carbocycles. The van der Waals surface area contributed by atoms with Crippen LogP contribution in [0.4, 0.5) is 19.2 Å². The summed E-state index contributed by atoms with van der Waals surface area (Å²) in [5.74, 6) is -1.05. The van der Waals surface area contributed by atoms with Crippen LogP contribution in [0.15, 0.2) is 24.3 Å². The Balaban J connectivity index is 2.02. The van der Waals surface area contributed by atoms with Gasteiger partial charge in [0.05, 0.1) is 6.61 Å². The van der Waals surface area contributed by atoms with Crippen LogP contribution in [0.1, 0.15) is 97.3 Å². The number of ether oxygens (including phenoxy) is 5. The van der Waals surface area contributed by atoms with Crippen molar-refractivity contribution in [2.24, 2.45) is 0 Å². The number of alkyl carbamates (subject to hydrolysis) is 3. The van der Waals surface area contributed by atoms with E-state index in [1.807, 2.05) is 4.90 Å². The highest BCUT2D eigenvalue weighted by Crippen LogP contribution is 2.21. The lowest BCUT2D eigenvalue weighted by Crippen LogP contribution is -2.48.